The molecule has 0 aromatic rings. The highest BCUT2D eigenvalue weighted by molar-refractivity contribution is 5.85. The zero-order chi connectivity index (χ0) is 13.0. The van der Waals surface area contributed by atoms with E-state index >= 15 is 0 Å². The van der Waals surface area contributed by atoms with Crippen molar-refractivity contribution in [3.8, 4) is 0 Å². The maximum absolute atomic E-state index is 12.8. The molecule has 5 fully saturated rings. The molecule has 2 heterocycles. The van der Waals surface area contributed by atoms with Gasteiger partial charge >= 0.3 is 0 Å². The summed E-state index contributed by atoms with van der Waals surface area (Å²) in [7, 11) is 0. The van der Waals surface area contributed by atoms with E-state index in [0.29, 0.717) is 24.8 Å². The summed E-state index contributed by atoms with van der Waals surface area (Å²) in [6, 6.07) is 0.438. The van der Waals surface area contributed by atoms with Crippen molar-refractivity contribution >= 4 is 5.91 Å². The highest BCUT2D eigenvalue weighted by Crippen LogP contribution is 2.48. The summed E-state index contributed by atoms with van der Waals surface area (Å²) in [6.07, 6.45) is 9.86. The second kappa shape index (κ2) is 4.21. The Balaban J connectivity index is 1.59. The number of carbonyl (C=O) groups is 1. The molecule has 0 aromatic carbocycles. The van der Waals surface area contributed by atoms with Crippen molar-refractivity contribution in [2.24, 2.45) is 17.8 Å². The van der Waals surface area contributed by atoms with E-state index in [9.17, 15) is 9.90 Å². The molecule has 1 N–H and O–H groups in total. The molecule has 2 saturated heterocycles. The van der Waals surface area contributed by atoms with Gasteiger partial charge in [-0.15, -0.1) is 0 Å². The minimum Gasteiger partial charge on any atom is -0.380 e. The molecule has 2 unspecified atom stereocenters. The van der Waals surface area contributed by atoms with Crippen LogP contribution in [0, 0.1) is 17.8 Å². The Morgan fingerprint density at radius 3 is 2.16 bits per heavy atom. The van der Waals surface area contributed by atoms with E-state index in [1.165, 1.54) is 32.1 Å². The van der Waals surface area contributed by atoms with Gasteiger partial charge in [-0.3, -0.25) is 4.79 Å². The second-order valence-electron chi connectivity index (χ2n) is 7.63. The SMILES string of the molecule is O=C(N1CC2CC3CC(C2)CC1C3)C1(O)CCCC1. The first-order chi connectivity index (χ1) is 9.14. The summed E-state index contributed by atoms with van der Waals surface area (Å²) < 4.78 is 0. The summed E-state index contributed by atoms with van der Waals surface area (Å²) >= 11 is 0. The van der Waals surface area contributed by atoms with Crippen LogP contribution in [0.15, 0.2) is 0 Å². The van der Waals surface area contributed by atoms with Crippen LogP contribution in [0.25, 0.3) is 0 Å². The van der Waals surface area contributed by atoms with Crippen LogP contribution < -0.4 is 0 Å². The third kappa shape index (κ3) is 1.93. The fraction of sp³-hybridized carbons (Fsp3) is 0.938. The Kier molecular flexibility index (Phi) is 2.70. The van der Waals surface area contributed by atoms with Gasteiger partial charge in [0.2, 0.25) is 0 Å². The van der Waals surface area contributed by atoms with Crippen LogP contribution in [0.3, 0.4) is 0 Å². The number of hydrogen-bond acceptors (Lipinski definition) is 2. The van der Waals surface area contributed by atoms with Crippen molar-refractivity contribution < 1.29 is 9.90 Å². The number of rotatable bonds is 1. The lowest BCUT2D eigenvalue weighted by Gasteiger charge is -2.40. The van der Waals surface area contributed by atoms with Crippen LogP contribution in [0.4, 0.5) is 0 Å². The maximum atomic E-state index is 12.8. The van der Waals surface area contributed by atoms with Crippen molar-refractivity contribution in [2.45, 2.75) is 69.4 Å². The zero-order valence-corrected chi connectivity index (χ0v) is 11.7. The normalized spacial score (nSPS) is 43.5. The topological polar surface area (TPSA) is 40.5 Å². The predicted molar refractivity (Wildman–Crippen MR) is 72.5 cm³/mol. The monoisotopic (exact) mass is 263 g/mol. The van der Waals surface area contributed by atoms with Gasteiger partial charge in [0.1, 0.15) is 5.60 Å². The minimum absolute atomic E-state index is 0.0724. The molecule has 2 atom stereocenters. The molecule has 19 heavy (non-hydrogen) atoms. The standard InChI is InChI=1S/C16H25NO2/c18-15(16(19)3-1-2-4-16)17-10-13-6-11-5-12(7-13)9-14(17)8-11/h11-14,19H,1-10H2. The van der Waals surface area contributed by atoms with Gasteiger partial charge in [-0.1, -0.05) is 0 Å². The first-order valence-electron chi connectivity index (χ1n) is 8.17. The number of fused-ring (bicyclic) bond motifs is 1. The lowest BCUT2D eigenvalue weighted by Crippen LogP contribution is -2.52. The average molecular weight is 263 g/mol. The molecule has 0 aromatic heterocycles. The summed E-state index contributed by atoms with van der Waals surface area (Å²) in [4.78, 5) is 14.9. The Labute approximate surface area is 115 Å². The molecular formula is C16H25NO2. The summed E-state index contributed by atoms with van der Waals surface area (Å²) in [6.45, 7) is 0.929. The molecular weight excluding hydrogens is 238 g/mol. The van der Waals surface area contributed by atoms with Gasteiger partial charge in [-0.05, 0) is 75.5 Å². The quantitative estimate of drug-likeness (QED) is 0.789. The Morgan fingerprint density at radius 1 is 0.947 bits per heavy atom. The van der Waals surface area contributed by atoms with Gasteiger partial charge in [0.25, 0.3) is 5.91 Å². The first kappa shape index (κ1) is 12.2. The number of amides is 1. The molecule has 0 radical (unpaired) electrons. The van der Waals surface area contributed by atoms with E-state index in [2.05, 4.69) is 4.90 Å². The predicted octanol–water partition coefficient (Wildman–Crippen LogP) is 2.33. The maximum Gasteiger partial charge on any atom is 0.254 e. The van der Waals surface area contributed by atoms with Crippen molar-refractivity contribution in [1.82, 2.24) is 4.90 Å². The molecule has 4 bridgehead atoms. The first-order valence-corrected chi connectivity index (χ1v) is 8.17. The molecule has 1 amide bonds. The molecule has 3 heteroatoms. The highest BCUT2D eigenvalue weighted by Gasteiger charge is 2.49. The summed E-state index contributed by atoms with van der Waals surface area (Å²) in [5, 5.41) is 10.6. The molecule has 3 saturated carbocycles. The Bertz CT molecular complexity index is 374. The molecule has 3 nitrogen and oxygen atoms in total. The number of aliphatic hydroxyl groups is 1. The zero-order valence-electron chi connectivity index (χ0n) is 11.7. The molecule has 5 rings (SSSR count). The fourth-order valence-electron chi connectivity index (χ4n) is 5.47. The van der Waals surface area contributed by atoms with Crippen LogP contribution in [-0.2, 0) is 4.79 Å². The van der Waals surface area contributed by atoms with Gasteiger partial charge in [0.05, 0.1) is 0 Å². The van der Waals surface area contributed by atoms with E-state index in [1.807, 2.05) is 0 Å². The third-order valence-corrected chi connectivity index (χ3v) is 6.20. The highest BCUT2D eigenvalue weighted by atomic mass is 16.3. The van der Waals surface area contributed by atoms with Gasteiger partial charge < -0.3 is 10.0 Å². The van der Waals surface area contributed by atoms with E-state index < -0.39 is 5.60 Å². The number of nitrogens with zero attached hydrogens (tertiary/aromatic N) is 1. The van der Waals surface area contributed by atoms with E-state index in [4.69, 9.17) is 0 Å². The smallest absolute Gasteiger partial charge is 0.254 e. The van der Waals surface area contributed by atoms with Gasteiger partial charge in [0, 0.05) is 12.6 Å². The summed E-state index contributed by atoms with van der Waals surface area (Å²) in [5.74, 6) is 2.51. The summed E-state index contributed by atoms with van der Waals surface area (Å²) in [5.41, 5.74) is -1.01. The molecule has 0 spiro atoms. The van der Waals surface area contributed by atoms with Crippen molar-refractivity contribution in [1.29, 1.82) is 0 Å². The second-order valence-corrected chi connectivity index (χ2v) is 7.63. The molecule has 106 valence electrons. The van der Waals surface area contributed by atoms with Crippen molar-refractivity contribution in [3.63, 3.8) is 0 Å². The largest absolute Gasteiger partial charge is 0.380 e. The third-order valence-electron chi connectivity index (χ3n) is 6.20. The van der Waals surface area contributed by atoms with Crippen molar-refractivity contribution in [2.75, 3.05) is 6.54 Å². The minimum atomic E-state index is -1.01. The van der Waals surface area contributed by atoms with Crippen LogP contribution in [0.5, 0.6) is 0 Å². The van der Waals surface area contributed by atoms with E-state index in [1.54, 1.807) is 0 Å². The average Bonchev–Trinajstić information content (AvgIpc) is 2.73. The lowest BCUT2D eigenvalue weighted by atomic mass is 9.68. The lowest BCUT2D eigenvalue weighted by molar-refractivity contribution is -0.153. The Morgan fingerprint density at radius 2 is 1.53 bits per heavy atom. The fourth-order valence-corrected chi connectivity index (χ4v) is 5.47. The Hall–Kier alpha value is -0.570. The van der Waals surface area contributed by atoms with Gasteiger partial charge in [-0.2, -0.15) is 0 Å². The van der Waals surface area contributed by atoms with Crippen LogP contribution >= 0.6 is 0 Å². The molecule has 5 aliphatic rings. The van der Waals surface area contributed by atoms with Gasteiger partial charge in [-0.25, -0.2) is 0 Å². The van der Waals surface area contributed by atoms with Gasteiger partial charge in [0.15, 0.2) is 0 Å². The van der Waals surface area contributed by atoms with E-state index in [-0.39, 0.29) is 5.91 Å². The van der Waals surface area contributed by atoms with E-state index in [0.717, 1.165) is 31.2 Å². The van der Waals surface area contributed by atoms with Crippen LogP contribution in [0.2, 0.25) is 0 Å². The molecule has 3 aliphatic carbocycles. The molecule has 2 aliphatic heterocycles. The number of hydrogen-bond donors (Lipinski definition) is 1. The van der Waals surface area contributed by atoms with Crippen LogP contribution in [-0.4, -0.2) is 34.1 Å². The van der Waals surface area contributed by atoms with Crippen LogP contribution in [0.1, 0.15) is 57.8 Å². The van der Waals surface area contributed by atoms with Crippen molar-refractivity contribution in [3.05, 3.63) is 0 Å². The number of carbonyl (C=O) groups excluding carboxylic acids is 1.